The first-order valence-electron chi connectivity index (χ1n) is 6.12. The van der Waals surface area contributed by atoms with Gasteiger partial charge in [-0.1, -0.05) is 6.42 Å². The lowest BCUT2D eigenvalue weighted by Crippen LogP contribution is -2.39. The zero-order chi connectivity index (χ0) is 13.4. The maximum atomic E-state index is 11.7. The molecule has 1 atom stereocenters. The summed E-state index contributed by atoms with van der Waals surface area (Å²) in [7, 11) is 0. The summed E-state index contributed by atoms with van der Waals surface area (Å²) in [5, 5.41) is 5.78. The molecule has 18 heavy (non-hydrogen) atoms. The van der Waals surface area contributed by atoms with E-state index in [1.54, 1.807) is 0 Å². The van der Waals surface area contributed by atoms with Crippen molar-refractivity contribution in [3.05, 3.63) is 0 Å². The van der Waals surface area contributed by atoms with Crippen LogP contribution >= 0.6 is 0 Å². The van der Waals surface area contributed by atoms with Crippen LogP contribution < -0.4 is 10.6 Å². The number of amides is 1. The Balaban J connectivity index is 1.99. The third-order valence-electron chi connectivity index (χ3n) is 2.68. The van der Waals surface area contributed by atoms with Crippen molar-refractivity contribution in [2.24, 2.45) is 0 Å². The van der Waals surface area contributed by atoms with Crippen LogP contribution in [0.3, 0.4) is 0 Å². The molecule has 4 nitrogen and oxygen atoms in total. The lowest BCUT2D eigenvalue weighted by Gasteiger charge is -2.22. The fourth-order valence-corrected chi connectivity index (χ4v) is 1.84. The summed E-state index contributed by atoms with van der Waals surface area (Å²) in [6, 6.07) is 0.190. The fraction of sp³-hybridized carbons (Fsp3) is 0.909. The molecule has 0 radical (unpaired) electrons. The highest BCUT2D eigenvalue weighted by atomic mass is 19.4. The van der Waals surface area contributed by atoms with Crippen LogP contribution in [0.4, 0.5) is 13.2 Å². The van der Waals surface area contributed by atoms with E-state index in [2.05, 4.69) is 15.4 Å². The van der Waals surface area contributed by atoms with Crippen molar-refractivity contribution in [1.29, 1.82) is 0 Å². The van der Waals surface area contributed by atoms with Gasteiger partial charge in [-0.2, -0.15) is 13.2 Å². The van der Waals surface area contributed by atoms with Crippen molar-refractivity contribution in [1.82, 2.24) is 10.6 Å². The predicted molar refractivity (Wildman–Crippen MR) is 60.1 cm³/mol. The molecule has 106 valence electrons. The van der Waals surface area contributed by atoms with Crippen LogP contribution in [0.2, 0.25) is 0 Å². The zero-order valence-electron chi connectivity index (χ0n) is 10.2. The topological polar surface area (TPSA) is 50.4 Å². The van der Waals surface area contributed by atoms with Gasteiger partial charge in [0.25, 0.3) is 0 Å². The van der Waals surface area contributed by atoms with E-state index in [4.69, 9.17) is 0 Å². The normalized spacial score (nSPS) is 20.7. The molecule has 1 amide bonds. The maximum Gasteiger partial charge on any atom is 0.411 e. The van der Waals surface area contributed by atoms with Crippen LogP contribution in [-0.2, 0) is 9.53 Å². The number of alkyl halides is 3. The minimum Gasteiger partial charge on any atom is -0.370 e. The highest BCUT2D eigenvalue weighted by Crippen LogP contribution is 2.14. The Morgan fingerprint density at radius 2 is 2.17 bits per heavy atom. The van der Waals surface area contributed by atoms with Gasteiger partial charge in [0, 0.05) is 19.0 Å². The van der Waals surface area contributed by atoms with Gasteiger partial charge in [-0.25, -0.2) is 0 Å². The predicted octanol–water partition coefficient (Wildman–Crippen LogP) is 1.21. The number of nitrogens with one attached hydrogen (secondary N) is 2. The number of ether oxygens (including phenoxy) is 1. The van der Waals surface area contributed by atoms with Gasteiger partial charge in [-0.05, 0) is 19.4 Å². The monoisotopic (exact) mass is 268 g/mol. The van der Waals surface area contributed by atoms with Crippen LogP contribution in [0.1, 0.15) is 25.7 Å². The second kappa shape index (κ2) is 7.58. The third-order valence-corrected chi connectivity index (χ3v) is 2.68. The number of carbonyl (C=O) groups excluding carboxylic acids is 1. The molecule has 1 unspecified atom stereocenters. The van der Waals surface area contributed by atoms with Gasteiger partial charge < -0.3 is 15.4 Å². The third kappa shape index (κ3) is 7.50. The Morgan fingerprint density at radius 1 is 1.39 bits per heavy atom. The van der Waals surface area contributed by atoms with E-state index in [9.17, 15) is 18.0 Å². The van der Waals surface area contributed by atoms with E-state index in [0.717, 1.165) is 25.8 Å². The summed E-state index contributed by atoms with van der Waals surface area (Å²) >= 11 is 0. The van der Waals surface area contributed by atoms with Gasteiger partial charge in [0.15, 0.2) is 0 Å². The number of piperidine rings is 1. The Bertz CT molecular complexity index is 253. The molecule has 1 rings (SSSR count). The molecular weight excluding hydrogens is 249 g/mol. The van der Waals surface area contributed by atoms with E-state index < -0.39 is 12.8 Å². The van der Waals surface area contributed by atoms with E-state index in [-0.39, 0.29) is 25.1 Å². The van der Waals surface area contributed by atoms with Crippen LogP contribution in [0.15, 0.2) is 0 Å². The molecule has 1 fully saturated rings. The smallest absolute Gasteiger partial charge is 0.370 e. The molecule has 1 heterocycles. The molecule has 0 aromatic rings. The molecule has 1 aliphatic rings. The molecular formula is C11H19F3N2O2. The van der Waals surface area contributed by atoms with Gasteiger partial charge >= 0.3 is 6.18 Å². The molecule has 1 saturated heterocycles. The number of rotatable bonds is 6. The Morgan fingerprint density at radius 3 is 2.78 bits per heavy atom. The van der Waals surface area contributed by atoms with Gasteiger partial charge in [-0.3, -0.25) is 4.79 Å². The molecule has 7 heteroatoms. The van der Waals surface area contributed by atoms with Crippen molar-refractivity contribution in [2.75, 3.05) is 26.3 Å². The largest absolute Gasteiger partial charge is 0.411 e. The quantitative estimate of drug-likeness (QED) is 0.712. The number of hydrogen-bond donors (Lipinski definition) is 2. The average molecular weight is 268 g/mol. The standard InChI is InChI=1S/C11H19F3N2O2/c12-11(13,14)8-18-6-5-16-10(17)7-9-3-1-2-4-15-9/h9,15H,1-8H2,(H,16,17). The minimum absolute atomic E-state index is 0.113. The maximum absolute atomic E-state index is 11.7. The summed E-state index contributed by atoms with van der Waals surface area (Å²) in [6.07, 6.45) is -0.726. The number of halogens is 3. The highest BCUT2D eigenvalue weighted by Gasteiger charge is 2.27. The van der Waals surface area contributed by atoms with Gasteiger partial charge in [0.1, 0.15) is 6.61 Å². The molecule has 0 aromatic heterocycles. The molecule has 1 aliphatic heterocycles. The molecule has 0 aromatic carbocycles. The first kappa shape index (κ1) is 15.2. The van der Waals surface area contributed by atoms with E-state index in [1.165, 1.54) is 0 Å². The minimum atomic E-state index is -4.31. The second-order valence-electron chi connectivity index (χ2n) is 4.37. The van der Waals surface area contributed by atoms with Crippen molar-refractivity contribution in [3.63, 3.8) is 0 Å². The highest BCUT2D eigenvalue weighted by molar-refractivity contribution is 5.76. The molecule has 0 aliphatic carbocycles. The van der Waals surface area contributed by atoms with Crippen molar-refractivity contribution < 1.29 is 22.7 Å². The summed E-state index contributed by atoms with van der Waals surface area (Å²) in [5.41, 5.74) is 0. The lowest BCUT2D eigenvalue weighted by molar-refractivity contribution is -0.173. The van der Waals surface area contributed by atoms with Crippen LogP contribution in [-0.4, -0.2) is 44.4 Å². The SMILES string of the molecule is O=C(CC1CCCCN1)NCCOCC(F)(F)F. The van der Waals surface area contributed by atoms with E-state index >= 15 is 0 Å². The first-order valence-corrected chi connectivity index (χ1v) is 6.12. The number of hydrogen-bond acceptors (Lipinski definition) is 3. The summed E-state index contributed by atoms with van der Waals surface area (Å²) in [6.45, 7) is -0.356. The van der Waals surface area contributed by atoms with Gasteiger partial charge in [0.05, 0.1) is 6.61 Å². The van der Waals surface area contributed by atoms with Crippen molar-refractivity contribution >= 4 is 5.91 Å². The van der Waals surface area contributed by atoms with Gasteiger partial charge in [-0.15, -0.1) is 0 Å². The second-order valence-corrected chi connectivity index (χ2v) is 4.37. The van der Waals surface area contributed by atoms with Crippen LogP contribution in [0, 0.1) is 0 Å². The van der Waals surface area contributed by atoms with Crippen LogP contribution in [0.25, 0.3) is 0 Å². The summed E-state index contributed by atoms with van der Waals surface area (Å²) < 4.78 is 39.6. The Kier molecular flexibility index (Phi) is 6.42. The molecule has 2 N–H and O–H groups in total. The van der Waals surface area contributed by atoms with Crippen molar-refractivity contribution in [2.45, 2.75) is 37.9 Å². The first-order chi connectivity index (χ1) is 8.47. The molecule has 0 bridgehead atoms. The van der Waals surface area contributed by atoms with E-state index in [0.29, 0.717) is 6.42 Å². The zero-order valence-corrected chi connectivity index (χ0v) is 10.2. The van der Waals surface area contributed by atoms with Gasteiger partial charge in [0.2, 0.25) is 5.91 Å². The van der Waals surface area contributed by atoms with Crippen LogP contribution in [0.5, 0.6) is 0 Å². The van der Waals surface area contributed by atoms with E-state index in [1.807, 2.05) is 0 Å². The Labute approximate surface area is 104 Å². The fourth-order valence-electron chi connectivity index (χ4n) is 1.84. The number of carbonyl (C=O) groups is 1. The lowest BCUT2D eigenvalue weighted by atomic mass is 10.0. The molecule has 0 saturated carbocycles. The summed E-state index contributed by atoms with van der Waals surface area (Å²) in [4.78, 5) is 11.4. The van der Waals surface area contributed by atoms with Crippen molar-refractivity contribution in [3.8, 4) is 0 Å². The molecule has 0 spiro atoms. The average Bonchev–Trinajstić information content (AvgIpc) is 2.28. The Hall–Kier alpha value is -0.820. The summed E-state index contributed by atoms with van der Waals surface area (Å²) in [5.74, 6) is -0.148.